The monoisotopic (exact) mass is 537 g/mol. The van der Waals surface area contributed by atoms with Gasteiger partial charge in [-0.05, 0) is 49.1 Å². The van der Waals surface area contributed by atoms with E-state index in [0.29, 0.717) is 58.7 Å². The third-order valence-electron chi connectivity index (χ3n) is 5.46. The van der Waals surface area contributed by atoms with Gasteiger partial charge in [-0.1, -0.05) is 19.1 Å². The highest BCUT2D eigenvalue weighted by molar-refractivity contribution is 8.00. The van der Waals surface area contributed by atoms with Gasteiger partial charge >= 0.3 is 0 Å². The second-order valence-electron chi connectivity index (χ2n) is 8.15. The van der Waals surface area contributed by atoms with Gasteiger partial charge in [0.1, 0.15) is 29.0 Å². The van der Waals surface area contributed by atoms with Crippen LogP contribution < -0.4 is 18.9 Å². The standard InChI is InChI=1S/C26H31N7O4S/c1-6-13-37-21(24-27-14-17(2)15-28-24)16-38-32-26-31-30-25(18-9-7-12-22(29-18)36-5)33(26)23-19(34-3)10-8-11-20(23)35-4/h7-12,14-15,21H,6,13,16H2,1-5H3,(H,31,32). The fourth-order valence-electron chi connectivity index (χ4n) is 3.64. The molecule has 38 heavy (non-hydrogen) atoms. The van der Waals surface area contributed by atoms with Gasteiger partial charge in [0.25, 0.3) is 0 Å². The van der Waals surface area contributed by atoms with Crippen LogP contribution >= 0.6 is 11.9 Å². The first kappa shape index (κ1) is 27.1. The number of nitrogens with one attached hydrogen (secondary N) is 1. The van der Waals surface area contributed by atoms with Crippen LogP contribution in [0.4, 0.5) is 5.95 Å². The molecule has 0 saturated carbocycles. The second kappa shape index (κ2) is 13.1. The zero-order valence-corrected chi connectivity index (χ0v) is 22.9. The van der Waals surface area contributed by atoms with Crippen molar-refractivity contribution in [3.05, 3.63) is 60.2 Å². The molecule has 0 aliphatic rings. The highest BCUT2D eigenvalue weighted by Gasteiger charge is 2.24. The predicted molar refractivity (Wildman–Crippen MR) is 146 cm³/mol. The number of hydrogen-bond acceptors (Lipinski definition) is 11. The molecule has 3 aromatic heterocycles. The topological polar surface area (TPSA) is 118 Å². The number of pyridine rings is 1. The van der Waals surface area contributed by atoms with E-state index in [4.69, 9.17) is 18.9 Å². The minimum Gasteiger partial charge on any atom is -0.494 e. The first-order chi connectivity index (χ1) is 18.6. The fourth-order valence-corrected chi connectivity index (χ4v) is 4.38. The summed E-state index contributed by atoms with van der Waals surface area (Å²) in [4.78, 5) is 13.5. The molecule has 1 N–H and O–H groups in total. The number of aryl methyl sites for hydroxylation is 1. The summed E-state index contributed by atoms with van der Waals surface area (Å²) in [5.41, 5.74) is 2.19. The summed E-state index contributed by atoms with van der Waals surface area (Å²) in [6, 6.07) is 11.0. The highest BCUT2D eigenvalue weighted by atomic mass is 32.2. The van der Waals surface area contributed by atoms with Crippen molar-refractivity contribution in [1.82, 2.24) is 29.7 Å². The first-order valence-electron chi connectivity index (χ1n) is 12.1. The largest absolute Gasteiger partial charge is 0.494 e. The molecular formula is C26H31N7O4S. The van der Waals surface area contributed by atoms with E-state index in [1.54, 1.807) is 39.8 Å². The zero-order chi connectivity index (χ0) is 26.9. The molecule has 1 atom stereocenters. The van der Waals surface area contributed by atoms with Crippen LogP contribution in [0, 0.1) is 6.92 Å². The molecule has 1 unspecified atom stereocenters. The molecule has 0 aliphatic carbocycles. The van der Waals surface area contributed by atoms with Crippen molar-refractivity contribution < 1.29 is 18.9 Å². The number of benzene rings is 1. The van der Waals surface area contributed by atoms with Crippen LogP contribution in [0.15, 0.2) is 48.8 Å². The Labute approximate surface area is 226 Å². The van der Waals surface area contributed by atoms with Crippen LogP contribution in [0.2, 0.25) is 0 Å². The van der Waals surface area contributed by atoms with Crippen molar-refractivity contribution in [3.63, 3.8) is 0 Å². The van der Waals surface area contributed by atoms with Gasteiger partial charge in [0.15, 0.2) is 11.6 Å². The van der Waals surface area contributed by atoms with E-state index in [1.807, 2.05) is 41.8 Å². The van der Waals surface area contributed by atoms with Gasteiger partial charge in [-0.15, -0.1) is 10.2 Å². The van der Waals surface area contributed by atoms with E-state index >= 15 is 0 Å². The van der Waals surface area contributed by atoms with Crippen LogP contribution in [0.5, 0.6) is 17.4 Å². The lowest BCUT2D eigenvalue weighted by Crippen LogP contribution is -2.14. The number of para-hydroxylation sites is 1. The van der Waals surface area contributed by atoms with E-state index in [1.165, 1.54) is 11.9 Å². The van der Waals surface area contributed by atoms with Crippen molar-refractivity contribution in [3.8, 4) is 34.6 Å². The third kappa shape index (κ3) is 6.14. The molecule has 11 nitrogen and oxygen atoms in total. The Bertz CT molecular complexity index is 1310. The summed E-state index contributed by atoms with van der Waals surface area (Å²) >= 11 is 1.41. The number of ether oxygens (including phenoxy) is 4. The minimum absolute atomic E-state index is 0.301. The lowest BCUT2D eigenvalue weighted by molar-refractivity contribution is 0.0635. The van der Waals surface area contributed by atoms with Crippen LogP contribution in [0.3, 0.4) is 0 Å². The molecule has 0 bridgehead atoms. The van der Waals surface area contributed by atoms with Crippen molar-refractivity contribution in [2.24, 2.45) is 0 Å². The van der Waals surface area contributed by atoms with Gasteiger partial charge in [-0.25, -0.2) is 15.0 Å². The molecule has 3 heterocycles. The van der Waals surface area contributed by atoms with E-state index in [0.717, 1.165) is 12.0 Å². The Balaban J connectivity index is 1.69. The molecule has 0 radical (unpaired) electrons. The zero-order valence-electron chi connectivity index (χ0n) is 22.0. The third-order valence-corrected chi connectivity index (χ3v) is 6.26. The maximum absolute atomic E-state index is 6.05. The number of methoxy groups -OCH3 is 3. The Morgan fingerprint density at radius 3 is 2.32 bits per heavy atom. The summed E-state index contributed by atoms with van der Waals surface area (Å²) in [6.07, 6.45) is 4.17. The van der Waals surface area contributed by atoms with Gasteiger partial charge in [-0.2, -0.15) is 0 Å². The van der Waals surface area contributed by atoms with Gasteiger partial charge in [0.2, 0.25) is 11.8 Å². The Morgan fingerprint density at radius 2 is 1.66 bits per heavy atom. The molecule has 200 valence electrons. The lowest BCUT2D eigenvalue weighted by atomic mass is 10.2. The molecule has 0 amide bonds. The number of aromatic nitrogens is 6. The van der Waals surface area contributed by atoms with Crippen molar-refractivity contribution in [2.75, 3.05) is 38.4 Å². The molecule has 0 aliphatic heterocycles. The van der Waals surface area contributed by atoms with Crippen molar-refractivity contribution in [2.45, 2.75) is 26.4 Å². The SMILES string of the molecule is CCCOC(CSNc1nnc(-c2cccc(OC)n2)n1-c1c(OC)cccc1OC)c1ncc(C)cn1. The second-order valence-corrected chi connectivity index (χ2v) is 8.98. The number of rotatable bonds is 13. The number of nitrogens with zero attached hydrogens (tertiary/aromatic N) is 6. The Kier molecular flexibility index (Phi) is 9.33. The van der Waals surface area contributed by atoms with Gasteiger partial charge in [0.05, 0.1) is 21.3 Å². The predicted octanol–water partition coefficient (Wildman–Crippen LogP) is 4.68. The number of anilines is 1. The molecule has 4 aromatic rings. The summed E-state index contributed by atoms with van der Waals surface area (Å²) in [5.74, 6) is 3.73. The summed E-state index contributed by atoms with van der Waals surface area (Å²) < 4.78 is 27.9. The molecule has 0 fully saturated rings. The van der Waals surface area contributed by atoms with E-state index < -0.39 is 0 Å². The Morgan fingerprint density at radius 1 is 0.947 bits per heavy atom. The fraction of sp³-hybridized carbons (Fsp3) is 0.346. The molecule has 0 spiro atoms. The summed E-state index contributed by atoms with van der Waals surface area (Å²) in [6.45, 7) is 4.62. The quantitative estimate of drug-likeness (QED) is 0.239. The first-order valence-corrected chi connectivity index (χ1v) is 13.0. The molecule has 1 aromatic carbocycles. The molecule has 4 rings (SSSR count). The van der Waals surface area contributed by atoms with Crippen LogP contribution in [0.1, 0.15) is 30.8 Å². The van der Waals surface area contributed by atoms with Gasteiger partial charge in [0, 0.05) is 30.8 Å². The molecular weight excluding hydrogens is 506 g/mol. The van der Waals surface area contributed by atoms with Crippen LogP contribution in [0.25, 0.3) is 17.2 Å². The minimum atomic E-state index is -0.301. The van der Waals surface area contributed by atoms with Crippen molar-refractivity contribution in [1.29, 1.82) is 0 Å². The number of hydrogen-bond donors (Lipinski definition) is 1. The Hall–Kier alpha value is -3.90. The lowest BCUT2D eigenvalue weighted by Gasteiger charge is -2.18. The maximum Gasteiger partial charge on any atom is 0.239 e. The van der Waals surface area contributed by atoms with Crippen LogP contribution in [-0.4, -0.2) is 63.4 Å². The smallest absolute Gasteiger partial charge is 0.239 e. The van der Waals surface area contributed by atoms with E-state index in [2.05, 4.69) is 36.8 Å². The normalized spacial score (nSPS) is 11.7. The van der Waals surface area contributed by atoms with Gasteiger partial charge < -0.3 is 18.9 Å². The molecule has 0 saturated heterocycles. The summed E-state index contributed by atoms with van der Waals surface area (Å²) in [5, 5.41) is 8.89. The van der Waals surface area contributed by atoms with Gasteiger partial charge in [-0.3, -0.25) is 9.29 Å². The van der Waals surface area contributed by atoms with E-state index in [-0.39, 0.29) is 6.10 Å². The summed E-state index contributed by atoms with van der Waals surface area (Å²) in [7, 11) is 4.77. The van der Waals surface area contributed by atoms with E-state index in [9.17, 15) is 0 Å². The van der Waals surface area contributed by atoms with Crippen molar-refractivity contribution >= 4 is 17.9 Å². The highest BCUT2D eigenvalue weighted by Crippen LogP contribution is 2.38. The van der Waals surface area contributed by atoms with Crippen LogP contribution in [-0.2, 0) is 4.74 Å². The maximum atomic E-state index is 6.05. The average molecular weight is 538 g/mol. The molecule has 12 heteroatoms. The average Bonchev–Trinajstić information content (AvgIpc) is 3.38.